The molecule has 0 atom stereocenters. The molecule has 0 unspecified atom stereocenters. The van der Waals surface area contributed by atoms with Crippen molar-refractivity contribution in [3.8, 4) is 22.4 Å². The second kappa shape index (κ2) is 7.60. The molecule has 1 aliphatic rings. The van der Waals surface area contributed by atoms with Gasteiger partial charge in [-0.2, -0.15) is 5.10 Å². The standard InChI is InChI=1S/C21H23ClN4/c1-23-18-8-4-16(5-9-18)21-19(14-10-12-24-13-11-14)20(25-26-21)15-2-6-17(22)7-3-15/h2-3,6-7,10-13,16,18,23H,4-5,8-9H2,1H3,(H,25,26)/t16-,18+. The molecule has 0 amide bonds. The Morgan fingerprint density at radius 1 is 0.962 bits per heavy atom. The normalized spacial score (nSPS) is 20.2. The number of nitrogens with one attached hydrogen (secondary N) is 2. The Kier molecular flexibility index (Phi) is 5.05. The lowest BCUT2D eigenvalue weighted by molar-refractivity contribution is 0.355. The molecule has 0 saturated heterocycles. The van der Waals surface area contributed by atoms with Crippen molar-refractivity contribution in [2.45, 2.75) is 37.6 Å². The maximum atomic E-state index is 6.07. The number of pyridine rings is 1. The topological polar surface area (TPSA) is 53.6 Å². The third-order valence-electron chi connectivity index (χ3n) is 5.42. The highest BCUT2D eigenvalue weighted by Crippen LogP contribution is 2.41. The number of hydrogen-bond donors (Lipinski definition) is 2. The Balaban J connectivity index is 1.76. The first kappa shape index (κ1) is 17.3. The van der Waals surface area contributed by atoms with Crippen LogP contribution >= 0.6 is 11.6 Å². The van der Waals surface area contributed by atoms with Crippen LogP contribution in [0.3, 0.4) is 0 Å². The smallest absolute Gasteiger partial charge is 0.100 e. The van der Waals surface area contributed by atoms with E-state index >= 15 is 0 Å². The van der Waals surface area contributed by atoms with Crippen LogP contribution in [-0.2, 0) is 0 Å². The van der Waals surface area contributed by atoms with Crippen molar-refractivity contribution in [3.05, 3.63) is 59.5 Å². The van der Waals surface area contributed by atoms with Crippen LogP contribution in [0.4, 0.5) is 0 Å². The van der Waals surface area contributed by atoms with Crippen molar-refractivity contribution in [1.29, 1.82) is 0 Å². The fourth-order valence-electron chi connectivity index (χ4n) is 3.95. The molecule has 0 spiro atoms. The molecule has 2 heterocycles. The summed E-state index contributed by atoms with van der Waals surface area (Å²) in [6.45, 7) is 0. The summed E-state index contributed by atoms with van der Waals surface area (Å²) in [6, 6.07) is 12.7. The minimum Gasteiger partial charge on any atom is -0.317 e. The van der Waals surface area contributed by atoms with E-state index in [1.54, 1.807) is 0 Å². The summed E-state index contributed by atoms with van der Waals surface area (Å²) < 4.78 is 0. The van der Waals surface area contributed by atoms with E-state index in [1.165, 1.54) is 36.9 Å². The number of H-pyrrole nitrogens is 1. The number of nitrogens with zero attached hydrogens (tertiary/aromatic N) is 2. The molecular weight excluding hydrogens is 344 g/mol. The van der Waals surface area contributed by atoms with E-state index in [2.05, 4.69) is 34.6 Å². The molecule has 2 aromatic heterocycles. The van der Waals surface area contributed by atoms with Gasteiger partial charge in [0.05, 0.1) is 0 Å². The van der Waals surface area contributed by atoms with E-state index in [0.717, 1.165) is 21.8 Å². The summed E-state index contributed by atoms with van der Waals surface area (Å²) in [6.07, 6.45) is 8.43. The van der Waals surface area contributed by atoms with Gasteiger partial charge in [0.1, 0.15) is 5.69 Å². The third kappa shape index (κ3) is 3.39. The quantitative estimate of drug-likeness (QED) is 0.680. The predicted molar refractivity (Wildman–Crippen MR) is 106 cm³/mol. The highest BCUT2D eigenvalue weighted by Gasteiger charge is 2.27. The van der Waals surface area contributed by atoms with Crippen LogP contribution in [0.15, 0.2) is 48.8 Å². The molecule has 4 rings (SSSR count). The highest BCUT2D eigenvalue weighted by atomic mass is 35.5. The first-order valence-corrected chi connectivity index (χ1v) is 9.56. The molecule has 1 fully saturated rings. The molecule has 0 radical (unpaired) electrons. The van der Waals surface area contributed by atoms with Gasteiger partial charge < -0.3 is 5.32 Å². The predicted octanol–water partition coefficient (Wildman–Crippen LogP) is 5.04. The van der Waals surface area contributed by atoms with Crippen molar-refractivity contribution in [3.63, 3.8) is 0 Å². The minimum absolute atomic E-state index is 0.510. The van der Waals surface area contributed by atoms with Crippen LogP contribution in [0.2, 0.25) is 5.02 Å². The summed E-state index contributed by atoms with van der Waals surface area (Å²) in [5.74, 6) is 0.510. The SMILES string of the molecule is CN[C@H]1CC[C@@H](c2[nH]nc(-c3ccc(Cl)cc3)c2-c2ccncc2)CC1. The lowest BCUT2D eigenvalue weighted by Crippen LogP contribution is -2.29. The Labute approximate surface area is 159 Å². The van der Waals surface area contributed by atoms with Gasteiger partial charge in [-0.1, -0.05) is 23.7 Å². The van der Waals surface area contributed by atoms with Crippen LogP contribution in [0.1, 0.15) is 37.3 Å². The maximum Gasteiger partial charge on any atom is 0.100 e. The molecule has 0 aliphatic heterocycles. The summed E-state index contributed by atoms with van der Waals surface area (Å²) in [5.41, 5.74) is 5.66. The molecular formula is C21H23ClN4. The molecule has 1 aromatic carbocycles. The van der Waals surface area contributed by atoms with E-state index in [9.17, 15) is 0 Å². The number of rotatable bonds is 4. The van der Waals surface area contributed by atoms with Crippen LogP contribution in [0.25, 0.3) is 22.4 Å². The van der Waals surface area contributed by atoms with E-state index in [0.29, 0.717) is 12.0 Å². The fourth-order valence-corrected chi connectivity index (χ4v) is 4.08. The molecule has 3 aromatic rings. The monoisotopic (exact) mass is 366 g/mol. The Morgan fingerprint density at radius 3 is 2.31 bits per heavy atom. The molecule has 5 heteroatoms. The molecule has 2 N–H and O–H groups in total. The average molecular weight is 367 g/mol. The van der Waals surface area contributed by atoms with Gasteiger partial charge in [-0.3, -0.25) is 10.1 Å². The van der Waals surface area contributed by atoms with Gasteiger partial charge in [0, 0.05) is 46.2 Å². The van der Waals surface area contributed by atoms with Crippen LogP contribution in [0, 0.1) is 0 Å². The Hall–Kier alpha value is -2.17. The zero-order valence-corrected chi connectivity index (χ0v) is 15.6. The number of benzene rings is 1. The van der Waals surface area contributed by atoms with Crippen molar-refractivity contribution >= 4 is 11.6 Å². The number of hydrogen-bond acceptors (Lipinski definition) is 3. The zero-order valence-electron chi connectivity index (χ0n) is 14.9. The molecule has 0 bridgehead atoms. The molecule has 134 valence electrons. The molecule has 1 aliphatic carbocycles. The van der Waals surface area contributed by atoms with Crippen molar-refractivity contribution in [2.75, 3.05) is 7.05 Å². The van der Waals surface area contributed by atoms with Gasteiger partial charge in [-0.05, 0) is 62.6 Å². The Bertz CT molecular complexity index is 849. The van der Waals surface area contributed by atoms with Crippen molar-refractivity contribution < 1.29 is 0 Å². The lowest BCUT2D eigenvalue weighted by atomic mass is 9.81. The first-order chi connectivity index (χ1) is 12.8. The molecule has 1 saturated carbocycles. The van der Waals surface area contributed by atoms with Gasteiger partial charge in [-0.25, -0.2) is 0 Å². The van der Waals surface area contributed by atoms with Crippen LogP contribution in [-0.4, -0.2) is 28.3 Å². The zero-order chi connectivity index (χ0) is 17.9. The van der Waals surface area contributed by atoms with Gasteiger partial charge in [0.2, 0.25) is 0 Å². The van der Waals surface area contributed by atoms with Gasteiger partial charge in [-0.15, -0.1) is 0 Å². The summed E-state index contributed by atoms with van der Waals surface area (Å²) in [4.78, 5) is 4.18. The largest absolute Gasteiger partial charge is 0.317 e. The lowest BCUT2D eigenvalue weighted by Gasteiger charge is -2.28. The summed E-state index contributed by atoms with van der Waals surface area (Å²) in [5, 5.41) is 12.2. The van der Waals surface area contributed by atoms with Crippen LogP contribution < -0.4 is 5.32 Å². The van der Waals surface area contributed by atoms with Crippen LogP contribution in [0.5, 0.6) is 0 Å². The summed E-state index contributed by atoms with van der Waals surface area (Å²) >= 11 is 6.07. The maximum absolute atomic E-state index is 6.07. The second-order valence-electron chi connectivity index (χ2n) is 6.94. The van der Waals surface area contributed by atoms with Crippen molar-refractivity contribution in [2.24, 2.45) is 0 Å². The average Bonchev–Trinajstić information content (AvgIpc) is 3.14. The number of halogens is 1. The van der Waals surface area contributed by atoms with Gasteiger partial charge >= 0.3 is 0 Å². The van der Waals surface area contributed by atoms with E-state index in [4.69, 9.17) is 16.7 Å². The number of aromatic nitrogens is 3. The minimum atomic E-state index is 0.510. The van der Waals surface area contributed by atoms with E-state index in [1.807, 2.05) is 36.7 Å². The molecule has 26 heavy (non-hydrogen) atoms. The molecule has 4 nitrogen and oxygen atoms in total. The second-order valence-corrected chi connectivity index (χ2v) is 7.38. The highest BCUT2D eigenvalue weighted by molar-refractivity contribution is 6.30. The van der Waals surface area contributed by atoms with Crippen molar-refractivity contribution in [1.82, 2.24) is 20.5 Å². The number of aromatic amines is 1. The first-order valence-electron chi connectivity index (χ1n) is 9.18. The Morgan fingerprint density at radius 2 is 1.65 bits per heavy atom. The van der Waals surface area contributed by atoms with Gasteiger partial charge in [0.25, 0.3) is 0 Å². The third-order valence-corrected chi connectivity index (χ3v) is 5.68. The summed E-state index contributed by atoms with van der Waals surface area (Å²) in [7, 11) is 2.06. The van der Waals surface area contributed by atoms with E-state index < -0.39 is 0 Å². The van der Waals surface area contributed by atoms with Gasteiger partial charge in [0.15, 0.2) is 0 Å². The fraction of sp³-hybridized carbons (Fsp3) is 0.333. The van der Waals surface area contributed by atoms with E-state index in [-0.39, 0.29) is 0 Å².